The molecule has 1 heterocycles. The molecule has 19 heavy (non-hydrogen) atoms. The Morgan fingerprint density at radius 2 is 2.16 bits per heavy atom. The zero-order valence-corrected chi connectivity index (χ0v) is 11.9. The number of halogens is 1. The molecule has 1 aromatic heterocycles. The van der Waals surface area contributed by atoms with Crippen LogP contribution in [0.2, 0.25) is 0 Å². The summed E-state index contributed by atoms with van der Waals surface area (Å²) in [5.41, 5.74) is 0.852. The first-order valence-corrected chi connectivity index (χ1v) is 7.06. The average Bonchev–Trinajstić information content (AvgIpc) is 2.72. The van der Waals surface area contributed by atoms with Gasteiger partial charge in [0.05, 0.1) is 4.88 Å². The minimum absolute atomic E-state index is 0.0739. The summed E-state index contributed by atoms with van der Waals surface area (Å²) in [5, 5.41) is 6.74. The van der Waals surface area contributed by atoms with Crippen LogP contribution in [0.15, 0.2) is 18.2 Å². The van der Waals surface area contributed by atoms with Crippen LogP contribution in [0.4, 0.5) is 4.39 Å². The van der Waals surface area contributed by atoms with Crippen LogP contribution >= 0.6 is 11.3 Å². The summed E-state index contributed by atoms with van der Waals surface area (Å²) in [7, 11) is 1.88. The summed E-state index contributed by atoms with van der Waals surface area (Å²) < 4.78 is 14.2. The molecule has 0 aliphatic rings. The van der Waals surface area contributed by atoms with Crippen molar-refractivity contribution in [2.75, 3.05) is 20.1 Å². The van der Waals surface area contributed by atoms with Gasteiger partial charge in [0.1, 0.15) is 5.82 Å². The summed E-state index contributed by atoms with van der Waals surface area (Å²) in [6, 6.07) is 4.63. The van der Waals surface area contributed by atoms with Crippen molar-refractivity contribution in [2.45, 2.75) is 13.3 Å². The fraction of sp³-hybridized carbons (Fsp3) is 0.357. The van der Waals surface area contributed by atoms with Crippen molar-refractivity contribution in [3.63, 3.8) is 0 Å². The number of rotatable bonds is 5. The van der Waals surface area contributed by atoms with Gasteiger partial charge in [-0.1, -0.05) is 0 Å². The van der Waals surface area contributed by atoms with E-state index in [1.807, 2.05) is 14.0 Å². The summed E-state index contributed by atoms with van der Waals surface area (Å²) in [5.74, 6) is -0.343. The number of aryl methyl sites for hydroxylation is 1. The zero-order chi connectivity index (χ0) is 13.8. The molecule has 3 nitrogen and oxygen atoms in total. The van der Waals surface area contributed by atoms with Crippen LogP contribution in [0.5, 0.6) is 0 Å². The fourth-order valence-corrected chi connectivity index (χ4v) is 3.06. The predicted molar refractivity (Wildman–Crippen MR) is 77.4 cm³/mol. The first-order valence-electron chi connectivity index (χ1n) is 6.25. The largest absolute Gasteiger partial charge is 0.351 e. The second kappa shape index (κ2) is 6.12. The number of thiophene rings is 1. The van der Waals surface area contributed by atoms with Gasteiger partial charge in [-0.05, 0) is 56.1 Å². The number of benzene rings is 1. The number of carbonyl (C=O) groups is 1. The average molecular weight is 280 g/mol. The van der Waals surface area contributed by atoms with Gasteiger partial charge in [0.15, 0.2) is 0 Å². The Labute approximate surface area is 115 Å². The molecule has 0 aliphatic heterocycles. The lowest BCUT2D eigenvalue weighted by molar-refractivity contribution is 0.0957. The van der Waals surface area contributed by atoms with Gasteiger partial charge in [0.25, 0.3) is 5.91 Å². The van der Waals surface area contributed by atoms with E-state index >= 15 is 0 Å². The minimum atomic E-state index is -0.269. The van der Waals surface area contributed by atoms with E-state index in [1.54, 1.807) is 6.07 Å². The van der Waals surface area contributed by atoms with Crippen molar-refractivity contribution in [3.05, 3.63) is 34.5 Å². The van der Waals surface area contributed by atoms with Gasteiger partial charge in [-0.3, -0.25) is 4.79 Å². The van der Waals surface area contributed by atoms with E-state index < -0.39 is 0 Å². The number of fused-ring (bicyclic) bond motifs is 1. The third-order valence-corrected chi connectivity index (χ3v) is 4.27. The first kappa shape index (κ1) is 14.0. The summed E-state index contributed by atoms with van der Waals surface area (Å²) in [6.45, 7) is 3.37. The fourth-order valence-electron chi connectivity index (χ4n) is 1.96. The number of hydrogen-bond donors (Lipinski definition) is 2. The van der Waals surface area contributed by atoms with Crippen molar-refractivity contribution < 1.29 is 9.18 Å². The van der Waals surface area contributed by atoms with Crippen molar-refractivity contribution in [3.8, 4) is 0 Å². The molecule has 0 fully saturated rings. The highest BCUT2D eigenvalue weighted by Crippen LogP contribution is 2.31. The van der Waals surface area contributed by atoms with E-state index in [-0.39, 0.29) is 11.7 Å². The quantitative estimate of drug-likeness (QED) is 0.827. The van der Waals surface area contributed by atoms with E-state index in [0.717, 1.165) is 28.6 Å². The monoisotopic (exact) mass is 280 g/mol. The SMILES string of the molecule is CNCCCNC(=O)c1sc2ccc(F)cc2c1C. The molecule has 0 atom stereocenters. The van der Waals surface area contributed by atoms with Crippen molar-refractivity contribution >= 4 is 27.3 Å². The highest BCUT2D eigenvalue weighted by Gasteiger charge is 2.15. The van der Waals surface area contributed by atoms with Gasteiger partial charge in [-0.25, -0.2) is 4.39 Å². The molecule has 0 unspecified atom stereocenters. The lowest BCUT2D eigenvalue weighted by Crippen LogP contribution is -2.26. The summed E-state index contributed by atoms with van der Waals surface area (Å²) in [6.07, 6.45) is 0.890. The van der Waals surface area contributed by atoms with E-state index in [1.165, 1.54) is 23.5 Å². The molecule has 0 radical (unpaired) electrons. The number of hydrogen-bond acceptors (Lipinski definition) is 3. The van der Waals surface area contributed by atoms with Gasteiger partial charge < -0.3 is 10.6 Å². The highest BCUT2D eigenvalue weighted by atomic mass is 32.1. The van der Waals surface area contributed by atoms with Crippen LogP contribution in [-0.2, 0) is 0 Å². The molecule has 2 aromatic rings. The van der Waals surface area contributed by atoms with Crippen LogP contribution in [0.1, 0.15) is 21.7 Å². The molecule has 0 spiro atoms. The summed E-state index contributed by atoms with van der Waals surface area (Å²) in [4.78, 5) is 12.7. The molecule has 102 valence electrons. The van der Waals surface area contributed by atoms with Crippen LogP contribution in [0, 0.1) is 12.7 Å². The maximum atomic E-state index is 13.2. The van der Waals surface area contributed by atoms with Gasteiger partial charge in [0.2, 0.25) is 0 Å². The molecule has 0 saturated carbocycles. The highest BCUT2D eigenvalue weighted by molar-refractivity contribution is 7.21. The van der Waals surface area contributed by atoms with Gasteiger partial charge >= 0.3 is 0 Å². The minimum Gasteiger partial charge on any atom is -0.351 e. The third-order valence-electron chi connectivity index (χ3n) is 2.99. The Kier molecular flexibility index (Phi) is 4.50. The predicted octanol–water partition coefficient (Wildman–Crippen LogP) is 2.69. The maximum absolute atomic E-state index is 13.2. The van der Waals surface area contributed by atoms with Crippen LogP contribution in [0.3, 0.4) is 0 Å². The first-order chi connectivity index (χ1) is 9.13. The molecule has 0 saturated heterocycles. The van der Waals surface area contributed by atoms with Gasteiger partial charge in [-0.2, -0.15) is 0 Å². The van der Waals surface area contributed by atoms with Crippen LogP contribution in [0.25, 0.3) is 10.1 Å². The van der Waals surface area contributed by atoms with E-state index in [2.05, 4.69) is 10.6 Å². The zero-order valence-electron chi connectivity index (χ0n) is 11.0. The Bertz CT molecular complexity index is 594. The molecule has 1 aromatic carbocycles. The van der Waals surface area contributed by atoms with E-state index in [4.69, 9.17) is 0 Å². The standard InChI is InChI=1S/C14H17FN2OS/c1-9-11-8-10(15)4-5-12(11)19-13(9)14(18)17-7-3-6-16-2/h4-5,8,16H,3,6-7H2,1-2H3,(H,17,18). The van der Waals surface area contributed by atoms with E-state index in [0.29, 0.717) is 11.4 Å². The number of nitrogens with one attached hydrogen (secondary N) is 2. The van der Waals surface area contributed by atoms with Crippen molar-refractivity contribution in [1.29, 1.82) is 0 Å². The van der Waals surface area contributed by atoms with Crippen molar-refractivity contribution in [2.24, 2.45) is 0 Å². The van der Waals surface area contributed by atoms with E-state index in [9.17, 15) is 9.18 Å². The smallest absolute Gasteiger partial charge is 0.261 e. The molecule has 2 rings (SSSR count). The third kappa shape index (κ3) is 3.11. The molecule has 0 aliphatic carbocycles. The molecule has 0 bridgehead atoms. The van der Waals surface area contributed by atoms with Crippen LogP contribution in [-0.4, -0.2) is 26.0 Å². The maximum Gasteiger partial charge on any atom is 0.261 e. The second-order valence-electron chi connectivity index (χ2n) is 4.41. The molecular weight excluding hydrogens is 263 g/mol. The Hall–Kier alpha value is -1.46. The number of carbonyl (C=O) groups excluding carboxylic acids is 1. The van der Waals surface area contributed by atoms with Crippen molar-refractivity contribution in [1.82, 2.24) is 10.6 Å². The normalized spacial score (nSPS) is 10.9. The van der Waals surface area contributed by atoms with Gasteiger partial charge in [-0.15, -0.1) is 11.3 Å². The summed E-state index contributed by atoms with van der Waals surface area (Å²) >= 11 is 1.41. The molecular formula is C14H17FN2OS. The molecule has 5 heteroatoms. The Morgan fingerprint density at radius 1 is 1.37 bits per heavy atom. The van der Waals surface area contributed by atoms with Crippen LogP contribution < -0.4 is 10.6 Å². The lowest BCUT2D eigenvalue weighted by atomic mass is 10.1. The van der Waals surface area contributed by atoms with Gasteiger partial charge in [0, 0.05) is 11.2 Å². The number of amides is 1. The molecule has 1 amide bonds. The molecule has 2 N–H and O–H groups in total. The second-order valence-corrected chi connectivity index (χ2v) is 5.46. The lowest BCUT2D eigenvalue weighted by Gasteiger charge is -2.03. The topological polar surface area (TPSA) is 41.1 Å². The Morgan fingerprint density at radius 3 is 2.89 bits per heavy atom. The Balaban J connectivity index is 2.16.